The Labute approximate surface area is 212 Å². The largest absolute Gasteiger partial charge is 0.465 e. The van der Waals surface area contributed by atoms with E-state index in [0.29, 0.717) is 49.0 Å². The van der Waals surface area contributed by atoms with Crippen LogP contribution in [0.4, 0.5) is 0 Å². The number of aliphatic hydroxyl groups is 2. The average molecular weight is 489 g/mol. The van der Waals surface area contributed by atoms with E-state index in [0.717, 1.165) is 31.3 Å². The molecule has 5 nitrogen and oxygen atoms in total. The fourth-order valence-corrected chi connectivity index (χ4v) is 9.22. The van der Waals surface area contributed by atoms with Crippen LogP contribution in [0.2, 0.25) is 0 Å². The van der Waals surface area contributed by atoms with Crippen molar-refractivity contribution < 1.29 is 24.5 Å². The Kier molecular flexibility index (Phi) is 7.36. The minimum absolute atomic E-state index is 0.0150. The van der Waals surface area contributed by atoms with Crippen molar-refractivity contribution in [2.45, 2.75) is 111 Å². The third-order valence-electron chi connectivity index (χ3n) is 11.5. The Bertz CT molecular complexity index is 852. The van der Waals surface area contributed by atoms with Gasteiger partial charge in [0.25, 0.3) is 0 Å². The van der Waals surface area contributed by atoms with Crippen LogP contribution in [-0.4, -0.2) is 40.3 Å². The second kappa shape index (κ2) is 9.59. The van der Waals surface area contributed by atoms with Gasteiger partial charge in [-0.2, -0.15) is 0 Å². The molecule has 35 heavy (non-hydrogen) atoms. The molecule has 1 unspecified atom stereocenters. The first-order chi connectivity index (χ1) is 16.3. The van der Waals surface area contributed by atoms with E-state index in [2.05, 4.69) is 34.3 Å². The van der Waals surface area contributed by atoms with Crippen LogP contribution in [0.1, 0.15) is 98.8 Å². The van der Waals surface area contributed by atoms with Gasteiger partial charge in [-0.15, -0.1) is 0 Å². The Morgan fingerprint density at radius 3 is 2.54 bits per heavy atom. The highest BCUT2D eigenvalue weighted by Gasteiger charge is 2.67. The molecule has 0 amide bonds. The number of hydrogen-bond acceptors (Lipinski definition) is 5. The second-order valence-electron chi connectivity index (χ2n) is 13.3. The van der Waals surface area contributed by atoms with Crippen molar-refractivity contribution in [3.63, 3.8) is 0 Å². The molecule has 198 valence electrons. The zero-order chi connectivity index (χ0) is 25.8. The lowest BCUT2D eigenvalue weighted by molar-refractivity contribution is -0.213. The molecule has 0 bridgehead atoms. The first-order valence-corrected chi connectivity index (χ1v) is 14.1. The van der Waals surface area contributed by atoms with Crippen molar-refractivity contribution in [1.29, 1.82) is 0 Å². The molecule has 0 spiro atoms. The lowest BCUT2D eigenvalue weighted by atomic mass is 9.42. The van der Waals surface area contributed by atoms with Gasteiger partial charge in [-0.1, -0.05) is 39.8 Å². The van der Waals surface area contributed by atoms with Gasteiger partial charge in [-0.25, -0.2) is 0 Å². The second-order valence-corrected chi connectivity index (χ2v) is 13.3. The summed E-state index contributed by atoms with van der Waals surface area (Å²) in [5.74, 6) is 2.41. The molecule has 5 heteroatoms. The zero-order valence-electron chi connectivity index (χ0n) is 22.6. The van der Waals surface area contributed by atoms with Crippen LogP contribution < -0.4 is 0 Å². The van der Waals surface area contributed by atoms with Crippen molar-refractivity contribution in [2.24, 2.45) is 46.3 Å². The van der Waals surface area contributed by atoms with Crippen LogP contribution in [0.5, 0.6) is 0 Å². The number of aliphatic hydroxyl groups excluding tert-OH is 1. The SMILES string of the molecule is C=C(CC[C@@H](C)[C@H]1CC[C@H]2[C@@H]3CC(=O)[C@@]4(O)C[C@@H](O)CC[C@]4(C)[C@H]3CC[C@]12C)C(C)COC(C)=O. The number of carbonyl (C=O) groups excluding carboxylic acids is 2. The molecule has 2 N–H and O–H groups in total. The fourth-order valence-electron chi connectivity index (χ4n) is 9.22. The number of hydrogen-bond donors (Lipinski definition) is 2. The van der Waals surface area contributed by atoms with Gasteiger partial charge in [0.1, 0.15) is 5.60 Å². The maximum absolute atomic E-state index is 13.4. The number of esters is 1. The van der Waals surface area contributed by atoms with Gasteiger partial charge in [0.05, 0.1) is 12.7 Å². The Morgan fingerprint density at radius 1 is 1.14 bits per heavy atom. The van der Waals surface area contributed by atoms with E-state index < -0.39 is 17.1 Å². The number of carbonyl (C=O) groups is 2. The van der Waals surface area contributed by atoms with Crippen LogP contribution in [0.15, 0.2) is 12.2 Å². The molecule has 4 saturated carbocycles. The summed E-state index contributed by atoms with van der Waals surface area (Å²) in [5.41, 5.74) is -0.363. The molecule has 10 atom stereocenters. The highest BCUT2D eigenvalue weighted by molar-refractivity contribution is 5.89. The maximum atomic E-state index is 13.4. The molecule has 0 aliphatic heterocycles. The van der Waals surface area contributed by atoms with Gasteiger partial charge >= 0.3 is 5.97 Å². The predicted molar refractivity (Wildman–Crippen MR) is 136 cm³/mol. The van der Waals surface area contributed by atoms with Crippen molar-refractivity contribution >= 4 is 11.8 Å². The van der Waals surface area contributed by atoms with Crippen LogP contribution in [0.25, 0.3) is 0 Å². The monoisotopic (exact) mass is 488 g/mol. The van der Waals surface area contributed by atoms with Crippen molar-refractivity contribution in [2.75, 3.05) is 6.61 Å². The first kappa shape index (κ1) is 26.9. The van der Waals surface area contributed by atoms with Gasteiger partial charge in [-0.3, -0.25) is 9.59 Å². The molecule has 0 aromatic rings. The van der Waals surface area contributed by atoms with Gasteiger partial charge < -0.3 is 14.9 Å². The summed E-state index contributed by atoms with van der Waals surface area (Å²) in [6.07, 6.45) is 8.26. The molecular weight excluding hydrogens is 440 g/mol. The van der Waals surface area contributed by atoms with Crippen molar-refractivity contribution in [3.05, 3.63) is 12.2 Å². The van der Waals surface area contributed by atoms with E-state index in [9.17, 15) is 19.8 Å². The highest BCUT2D eigenvalue weighted by atomic mass is 16.5. The lowest BCUT2D eigenvalue weighted by Gasteiger charge is -2.63. The number of fused-ring (bicyclic) bond motifs is 5. The molecule has 0 saturated heterocycles. The zero-order valence-corrected chi connectivity index (χ0v) is 22.6. The molecule has 4 rings (SSSR count). The third kappa shape index (κ3) is 4.43. The predicted octanol–water partition coefficient (Wildman–Crippen LogP) is 5.47. The molecule has 0 aromatic carbocycles. The van der Waals surface area contributed by atoms with Crippen LogP contribution in [-0.2, 0) is 14.3 Å². The van der Waals surface area contributed by atoms with E-state index in [1.54, 1.807) is 0 Å². The van der Waals surface area contributed by atoms with Crippen LogP contribution in [0, 0.1) is 46.3 Å². The normalized spacial score (nSPS) is 44.5. The van der Waals surface area contributed by atoms with Crippen molar-refractivity contribution in [3.8, 4) is 0 Å². The fraction of sp³-hybridized carbons (Fsp3) is 0.867. The summed E-state index contributed by atoms with van der Waals surface area (Å²) < 4.78 is 5.18. The van der Waals surface area contributed by atoms with Gasteiger partial charge in [0, 0.05) is 31.1 Å². The molecule has 0 heterocycles. The Hall–Kier alpha value is -1.20. The average Bonchev–Trinajstić information content (AvgIpc) is 3.15. The van der Waals surface area contributed by atoms with Gasteiger partial charge in [0.15, 0.2) is 5.78 Å². The minimum Gasteiger partial charge on any atom is -0.465 e. The molecular formula is C30H48O5. The summed E-state index contributed by atoms with van der Waals surface area (Å²) in [4.78, 5) is 24.5. The Morgan fingerprint density at radius 2 is 1.86 bits per heavy atom. The first-order valence-electron chi connectivity index (χ1n) is 14.1. The van der Waals surface area contributed by atoms with E-state index in [4.69, 9.17) is 4.74 Å². The minimum atomic E-state index is -1.35. The highest BCUT2D eigenvalue weighted by Crippen LogP contribution is 2.68. The number of ketones is 1. The van der Waals surface area contributed by atoms with Crippen LogP contribution in [0.3, 0.4) is 0 Å². The molecule has 4 aliphatic rings. The topological polar surface area (TPSA) is 83.8 Å². The molecule has 0 aromatic heterocycles. The van der Waals surface area contributed by atoms with E-state index in [-0.39, 0.29) is 29.5 Å². The lowest BCUT2D eigenvalue weighted by Crippen LogP contribution is -2.67. The third-order valence-corrected chi connectivity index (χ3v) is 11.5. The number of ether oxygens (including phenoxy) is 1. The summed E-state index contributed by atoms with van der Waals surface area (Å²) >= 11 is 0. The number of rotatable bonds is 7. The van der Waals surface area contributed by atoms with Crippen LogP contribution >= 0.6 is 0 Å². The summed E-state index contributed by atoms with van der Waals surface area (Å²) in [5, 5.41) is 21.8. The summed E-state index contributed by atoms with van der Waals surface area (Å²) in [6, 6.07) is 0. The quantitative estimate of drug-likeness (QED) is 0.367. The summed E-state index contributed by atoms with van der Waals surface area (Å²) in [6.45, 7) is 15.2. The number of Topliss-reactive ketones (excluding diaryl/α,β-unsaturated/α-hetero) is 1. The van der Waals surface area contributed by atoms with E-state index in [1.807, 2.05) is 0 Å². The maximum Gasteiger partial charge on any atom is 0.302 e. The van der Waals surface area contributed by atoms with Gasteiger partial charge in [0.2, 0.25) is 0 Å². The Balaban J connectivity index is 1.44. The van der Waals surface area contributed by atoms with Gasteiger partial charge in [-0.05, 0) is 86.4 Å². The molecule has 4 aliphatic carbocycles. The van der Waals surface area contributed by atoms with E-state index >= 15 is 0 Å². The molecule has 4 fully saturated rings. The van der Waals surface area contributed by atoms with E-state index in [1.165, 1.54) is 26.2 Å². The summed E-state index contributed by atoms with van der Waals surface area (Å²) in [7, 11) is 0. The molecule has 0 radical (unpaired) electrons. The van der Waals surface area contributed by atoms with Crippen molar-refractivity contribution in [1.82, 2.24) is 0 Å². The smallest absolute Gasteiger partial charge is 0.302 e. The standard InChI is InChI=1S/C30H48O5/c1-18(20(3)17-35-21(4)31)7-8-19(2)24-9-10-25-23-15-27(33)30(34)16-22(32)11-14-29(30,6)26(23)12-13-28(24,25)5/h19-20,22-26,32,34H,1,7-17H2,2-6H3/t19-,20?,22+,23+,24-,25+,26+,28-,29-,30+/m1/s1.